The topological polar surface area (TPSA) is 58.4 Å². The minimum Gasteiger partial charge on any atom is -0.356 e. The summed E-state index contributed by atoms with van der Waals surface area (Å²) in [6.07, 6.45) is 6.25. The summed E-state index contributed by atoms with van der Waals surface area (Å²) in [6.45, 7) is 7.29. The van der Waals surface area contributed by atoms with Crippen LogP contribution in [0.25, 0.3) is 0 Å². The third kappa shape index (κ3) is 6.36. The summed E-state index contributed by atoms with van der Waals surface area (Å²) in [6, 6.07) is 0. The van der Waals surface area contributed by atoms with Gasteiger partial charge in [-0.3, -0.25) is 4.79 Å². The van der Waals surface area contributed by atoms with Crippen LogP contribution < -0.4 is 11.1 Å². The number of nitrogens with two attached hydrogens (primary N) is 1. The Labute approximate surface area is 111 Å². The summed E-state index contributed by atoms with van der Waals surface area (Å²) >= 11 is 0. The Morgan fingerprint density at radius 2 is 2.11 bits per heavy atom. The highest BCUT2D eigenvalue weighted by atomic mass is 16.1. The molecular weight excluding hydrogens is 226 g/mol. The molecule has 0 aliphatic carbocycles. The Hall–Kier alpha value is -0.610. The summed E-state index contributed by atoms with van der Waals surface area (Å²) in [5, 5.41) is 3.07. The second-order valence-corrected chi connectivity index (χ2v) is 5.30. The maximum absolute atomic E-state index is 11.6. The van der Waals surface area contributed by atoms with Gasteiger partial charge < -0.3 is 16.0 Å². The first-order chi connectivity index (χ1) is 8.76. The molecule has 18 heavy (non-hydrogen) atoms. The molecule has 0 spiro atoms. The minimum absolute atomic E-state index is 0.220. The quantitative estimate of drug-likeness (QED) is 0.612. The van der Waals surface area contributed by atoms with Crippen LogP contribution in [0.15, 0.2) is 0 Å². The first kappa shape index (κ1) is 15.4. The van der Waals surface area contributed by atoms with Crippen molar-refractivity contribution in [3.8, 4) is 0 Å². The van der Waals surface area contributed by atoms with Crippen molar-refractivity contribution < 1.29 is 4.79 Å². The largest absolute Gasteiger partial charge is 0.356 e. The third-order valence-electron chi connectivity index (χ3n) is 3.76. The third-order valence-corrected chi connectivity index (χ3v) is 3.76. The lowest BCUT2D eigenvalue weighted by molar-refractivity contribution is -0.121. The van der Waals surface area contributed by atoms with Gasteiger partial charge >= 0.3 is 0 Å². The van der Waals surface area contributed by atoms with Crippen LogP contribution in [0.5, 0.6) is 0 Å². The fourth-order valence-electron chi connectivity index (χ4n) is 2.50. The van der Waals surface area contributed by atoms with Crippen molar-refractivity contribution >= 4 is 5.91 Å². The first-order valence-corrected chi connectivity index (χ1v) is 7.45. The van der Waals surface area contributed by atoms with Gasteiger partial charge in [-0.25, -0.2) is 0 Å². The van der Waals surface area contributed by atoms with E-state index in [0.717, 1.165) is 51.9 Å². The number of hydrogen-bond acceptors (Lipinski definition) is 3. The molecule has 0 radical (unpaired) electrons. The van der Waals surface area contributed by atoms with Crippen LogP contribution >= 0.6 is 0 Å². The molecule has 3 N–H and O–H groups in total. The van der Waals surface area contributed by atoms with Gasteiger partial charge in [0.1, 0.15) is 0 Å². The molecule has 4 heteroatoms. The Morgan fingerprint density at radius 1 is 1.33 bits per heavy atom. The number of hydrogen-bond donors (Lipinski definition) is 2. The second kappa shape index (κ2) is 9.34. The van der Waals surface area contributed by atoms with E-state index in [2.05, 4.69) is 17.1 Å². The zero-order chi connectivity index (χ0) is 13.2. The van der Waals surface area contributed by atoms with E-state index in [1.165, 1.54) is 13.0 Å². The molecule has 0 saturated carbocycles. The van der Waals surface area contributed by atoms with Crippen molar-refractivity contribution in [1.29, 1.82) is 0 Å². The smallest absolute Gasteiger partial charge is 0.220 e. The maximum Gasteiger partial charge on any atom is 0.220 e. The summed E-state index contributed by atoms with van der Waals surface area (Å²) in [4.78, 5) is 14.1. The van der Waals surface area contributed by atoms with Crippen molar-refractivity contribution in [2.24, 2.45) is 11.7 Å². The minimum atomic E-state index is 0.220. The summed E-state index contributed by atoms with van der Waals surface area (Å²) in [7, 11) is 0. The molecule has 1 heterocycles. The molecule has 1 rings (SSSR count). The van der Waals surface area contributed by atoms with Gasteiger partial charge in [0.05, 0.1) is 0 Å². The van der Waals surface area contributed by atoms with Crippen LogP contribution in [0.3, 0.4) is 0 Å². The molecule has 1 atom stereocenters. The zero-order valence-corrected chi connectivity index (χ0v) is 11.8. The lowest BCUT2D eigenvalue weighted by atomic mass is 10.1. The molecule has 1 aliphatic heterocycles. The Bertz CT molecular complexity index is 233. The molecule has 0 aromatic heterocycles. The van der Waals surface area contributed by atoms with Crippen molar-refractivity contribution in [2.45, 2.75) is 45.4 Å². The number of amides is 1. The molecule has 106 valence electrons. The normalized spacial score (nSPS) is 20.2. The highest BCUT2D eigenvalue weighted by molar-refractivity contribution is 5.75. The second-order valence-electron chi connectivity index (χ2n) is 5.30. The number of rotatable bonds is 9. The van der Waals surface area contributed by atoms with Crippen molar-refractivity contribution in [2.75, 3.05) is 32.7 Å². The molecule has 1 fully saturated rings. The molecule has 1 aliphatic rings. The predicted octanol–water partition coefficient (Wildman–Crippen LogP) is 1.35. The fraction of sp³-hybridized carbons (Fsp3) is 0.929. The van der Waals surface area contributed by atoms with Gasteiger partial charge in [-0.2, -0.15) is 0 Å². The molecule has 0 aromatic carbocycles. The summed E-state index contributed by atoms with van der Waals surface area (Å²) in [5.74, 6) is 0.879. The number of carbonyl (C=O) groups is 1. The average molecular weight is 255 g/mol. The number of nitrogens with one attached hydrogen (secondary N) is 1. The van der Waals surface area contributed by atoms with Crippen molar-refractivity contribution in [1.82, 2.24) is 10.2 Å². The molecule has 1 unspecified atom stereocenters. The summed E-state index contributed by atoms with van der Waals surface area (Å²) in [5.41, 5.74) is 5.43. The number of carbonyl (C=O) groups excluding carboxylic acids is 1. The van der Waals surface area contributed by atoms with E-state index in [1.807, 2.05) is 0 Å². The van der Waals surface area contributed by atoms with Crippen LogP contribution in [-0.4, -0.2) is 43.5 Å². The van der Waals surface area contributed by atoms with E-state index in [4.69, 9.17) is 5.73 Å². The van der Waals surface area contributed by atoms with Crippen molar-refractivity contribution in [3.05, 3.63) is 0 Å². The number of nitrogens with zero attached hydrogens (tertiary/aromatic N) is 1. The first-order valence-electron chi connectivity index (χ1n) is 7.45. The highest BCUT2D eigenvalue weighted by Gasteiger charge is 2.21. The van der Waals surface area contributed by atoms with Gasteiger partial charge in [-0.1, -0.05) is 19.8 Å². The summed E-state index contributed by atoms with van der Waals surface area (Å²) < 4.78 is 0. The van der Waals surface area contributed by atoms with Gasteiger partial charge in [0, 0.05) is 19.5 Å². The Morgan fingerprint density at radius 3 is 2.78 bits per heavy atom. The van der Waals surface area contributed by atoms with Crippen LogP contribution in [0.1, 0.15) is 45.4 Å². The predicted molar refractivity (Wildman–Crippen MR) is 75.4 cm³/mol. The Kier molecular flexibility index (Phi) is 8.01. The van der Waals surface area contributed by atoms with E-state index in [0.29, 0.717) is 12.3 Å². The molecule has 1 saturated heterocycles. The number of unbranched alkanes of at least 4 members (excludes halogenated alkanes) is 3. The van der Waals surface area contributed by atoms with Crippen LogP contribution in [-0.2, 0) is 4.79 Å². The van der Waals surface area contributed by atoms with Crippen molar-refractivity contribution in [3.63, 3.8) is 0 Å². The van der Waals surface area contributed by atoms with Gasteiger partial charge in [0.25, 0.3) is 0 Å². The van der Waals surface area contributed by atoms with Gasteiger partial charge in [0.15, 0.2) is 0 Å². The van der Waals surface area contributed by atoms with E-state index in [9.17, 15) is 4.79 Å². The van der Waals surface area contributed by atoms with E-state index < -0.39 is 0 Å². The van der Waals surface area contributed by atoms with Crippen LogP contribution in [0.2, 0.25) is 0 Å². The van der Waals surface area contributed by atoms with E-state index >= 15 is 0 Å². The highest BCUT2D eigenvalue weighted by Crippen LogP contribution is 2.14. The molecule has 0 aromatic rings. The maximum atomic E-state index is 11.6. The van der Waals surface area contributed by atoms with Gasteiger partial charge in [0.2, 0.25) is 5.91 Å². The van der Waals surface area contributed by atoms with Gasteiger partial charge in [-0.15, -0.1) is 0 Å². The van der Waals surface area contributed by atoms with E-state index in [-0.39, 0.29) is 5.91 Å². The van der Waals surface area contributed by atoms with E-state index in [1.54, 1.807) is 0 Å². The molecule has 1 amide bonds. The monoisotopic (exact) mass is 255 g/mol. The molecule has 0 bridgehead atoms. The average Bonchev–Trinajstić information content (AvgIpc) is 2.84. The zero-order valence-electron chi connectivity index (χ0n) is 11.8. The Balaban J connectivity index is 1.97. The van der Waals surface area contributed by atoms with Gasteiger partial charge in [-0.05, 0) is 44.8 Å². The molecule has 4 nitrogen and oxygen atoms in total. The lowest BCUT2D eigenvalue weighted by Gasteiger charge is -2.13. The van der Waals surface area contributed by atoms with Crippen LogP contribution in [0.4, 0.5) is 0 Å². The lowest BCUT2D eigenvalue weighted by Crippen LogP contribution is -2.30. The number of likely N-dealkylation sites (tertiary alicyclic amines) is 1. The van der Waals surface area contributed by atoms with Crippen LogP contribution in [0, 0.1) is 5.92 Å². The fourth-order valence-corrected chi connectivity index (χ4v) is 2.50. The standard InChI is InChI=1S/C14H29N3O/c1-2-17-10-8-13(12-17)11-16-14(18)7-5-3-4-6-9-15/h13H,2-12,15H2,1H3,(H,16,18). The SMILES string of the molecule is CCN1CCC(CNC(=O)CCCCCCN)C1. The molecular formula is C14H29N3O.